The lowest BCUT2D eigenvalue weighted by molar-refractivity contribution is 0.0912. The Hall–Kier alpha value is -4.46. The molecule has 3 aromatic rings. The Bertz CT molecular complexity index is 1220. The lowest BCUT2D eigenvalue weighted by Gasteiger charge is -2.18. The molecule has 2 aliphatic rings. The van der Waals surface area contributed by atoms with Gasteiger partial charge in [-0.2, -0.15) is 0 Å². The molecular formula is C22H14N4O4. The van der Waals surface area contributed by atoms with Crippen molar-refractivity contribution >= 4 is 46.4 Å². The fourth-order valence-electron chi connectivity index (χ4n) is 3.86. The zero-order chi connectivity index (χ0) is 21.2. The van der Waals surface area contributed by atoms with Crippen LogP contribution in [0.2, 0.25) is 0 Å². The Morgan fingerprint density at radius 3 is 1.33 bits per heavy atom. The van der Waals surface area contributed by atoms with Gasteiger partial charge in [0.05, 0.1) is 33.6 Å². The number of nitrogen functional groups attached to an aromatic ring is 2. The molecule has 4 N–H and O–H groups in total. The predicted molar refractivity (Wildman–Crippen MR) is 110 cm³/mol. The van der Waals surface area contributed by atoms with Gasteiger partial charge in [-0.05, 0) is 42.5 Å². The number of anilines is 4. The normalized spacial score (nSPS) is 15.1. The van der Waals surface area contributed by atoms with Crippen LogP contribution in [0.5, 0.6) is 0 Å². The summed E-state index contributed by atoms with van der Waals surface area (Å²) in [6, 6.07) is 15.5. The van der Waals surface area contributed by atoms with Crippen LogP contribution in [0.25, 0.3) is 0 Å². The maximum Gasteiger partial charge on any atom is 0.268 e. The van der Waals surface area contributed by atoms with Gasteiger partial charge in [0, 0.05) is 11.4 Å². The first-order valence-electron chi connectivity index (χ1n) is 9.04. The van der Waals surface area contributed by atoms with E-state index >= 15 is 0 Å². The zero-order valence-electron chi connectivity index (χ0n) is 15.5. The second-order valence-electron chi connectivity index (χ2n) is 6.95. The van der Waals surface area contributed by atoms with Gasteiger partial charge in [0.1, 0.15) is 0 Å². The van der Waals surface area contributed by atoms with Crippen molar-refractivity contribution in [1.82, 2.24) is 0 Å². The van der Waals surface area contributed by atoms with Crippen molar-refractivity contribution in [3.8, 4) is 0 Å². The Labute approximate surface area is 170 Å². The standard InChI is InChI=1S/C22H14N4O4/c23-15-8-2-6-13-17(15)21(29)25(19(13)27)11-4-1-5-12(10-11)26-20(28)14-7-3-9-16(24)18(14)22(26)30/h1-10H,23-24H2. The molecule has 0 aromatic heterocycles. The van der Waals surface area contributed by atoms with Crippen LogP contribution in [-0.2, 0) is 0 Å². The SMILES string of the molecule is Nc1cccc2c1C(=O)N(c1cccc(N3C(=O)c4cccc(N)c4C3=O)c1)C2=O. The number of carbonyl (C=O) groups excluding carboxylic acids is 4. The second-order valence-corrected chi connectivity index (χ2v) is 6.95. The molecule has 0 saturated heterocycles. The van der Waals surface area contributed by atoms with Crippen LogP contribution in [0.15, 0.2) is 60.7 Å². The van der Waals surface area contributed by atoms with Crippen molar-refractivity contribution in [2.45, 2.75) is 0 Å². The Morgan fingerprint density at radius 1 is 0.533 bits per heavy atom. The molecule has 2 heterocycles. The largest absolute Gasteiger partial charge is 0.398 e. The van der Waals surface area contributed by atoms with Gasteiger partial charge in [0.15, 0.2) is 0 Å². The van der Waals surface area contributed by atoms with Crippen LogP contribution in [0.1, 0.15) is 41.4 Å². The van der Waals surface area contributed by atoms with E-state index in [-0.39, 0.29) is 45.0 Å². The van der Waals surface area contributed by atoms with Crippen LogP contribution < -0.4 is 21.3 Å². The van der Waals surface area contributed by atoms with E-state index in [4.69, 9.17) is 11.5 Å². The van der Waals surface area contributed by atoms with E-state index in [1.165, 1.54) is 18.2 Å². The molecule has 0 spiro atoms. The summed E-state index contributed by atoms with van der Waals surface area (Å²) in [5.41, 5.74) is 13.3. The summed E-state index contributed by atoms with van der Waals surface area (Å²) in [4.78, 5) is 53.4. The number of imide groups is 2. The number of hydrogen-bond acceptors (Lipinski definition) is 6. The van der Waals surface area contributed by atoms with E-state index in [9.17, 15) is 19.2 Å². The minimum absolute atomic E-state index is 0.140. The van der Waals surface area contributed by atoms with E-state index in [0.29, 0.717) is 0 Å². The molecule has 0 bridgehead atoms. The number of amides is 4. The third-order valence-corrected chi connectivity index (χ3v) is 5.24. The van der Waals surface area contributed by atoms with E-state index in [1.54, 1.807) is 42.5 Å². The lowest BCUT2D eigenvalue weighted by atomic mass is 10.1. The zero-order valence-corrected chi connectivity index (χ0v) is 15.5. The fraction of sp³-hybridized carbons (Fsp3) is 0. The molecule has 2 aliphatic heterocycles. The highest BCUT2D eigenvalue weighted by Crippen LogP contribution is 2.36. The highest BCUT2D eigenvalue weighted by Gasteiger charge is 2.40. The summed E-state index contributed by atoms with van der Waals surface area (Å²) in [6.45, 7) is 0. The molecule has 0 fully saturated rings. The molecular weight excluding hydrogens is 384 g/mol. The molecule has 3 aromatic carbocycles. The van der Waals surface area contributed by atoms with Crippen molar-refractivity contribution in [2.24, 2.45) is 0 Å². The molecule has 0 saturated carbocycles. The number of benzene rings is 3. The number of rotatable bonds is 2. The minimum atomic E-state index is -0.558. The summed E-state index contributed by atoms with van der Waals surface area (Å²) < 4.78 is 0. The first-order chi connectivity index (χ1) is 14.4. The molecule has 8 heteroatoms. The Kier molecular flexibility index (Phi) is 3.54. The van der Waals surface area contributed by atoms with E-state index in [2.05, 4.69) is 0 Å². The highest BCUT2D eigenvalue weighted by molar-refractivity contribution is 6.37. The first-order valence-corrected chi connectivity index (χ1v) is 9.04. The minimum Gasteiger partial charge on any atom is -0.398 e. The van der Waals surface area contributed by atoms with Crippen molar-refractivity contribution in [3.63, 3.8) is 0 Å². The molecule has 0 radical (unpaired) electrons. The summed E-state index contributed by atoms with van der Waals surface area (Å²) in [5.74, 6) is -2.16. The number of carbonyl (C=O) groups is 4. The van der Waals surface area contributed by atoms with Gasteiger partial charge >= 0.3 is 0 Å². The van der Waals surface area contributed by atoms with E-state index < -0.39 is 23.6 Å². The summed E-state index contributed by atoms with van der Waals surface area (Å²) >= 11 is 0. The number of hydrogen-bond donors (Lipinski definition) is 2. The molecule has 146 valence electrons. The summed E-state index contributed by atoms with van der Waals surface area (Å²) in [5, 5.41) is 0. The van der Waals surface area contributed by atoms with Gasteiger partial charge in [0.2, 0.25) is 0 Å². The van der Waals surface area contributed by atoms with Crippen molar-refractivity contribution in [3.05, 3.63) is 82.9 Å². The van der Waals surface area contributed by atoms with Crippen LogP contribution in [0.3, 0.4) is 0 Å². The maximum absolute atomic E-state index is 12.9. The average molecular weight is 398 g/mol. The van der Waals surface area contributed by atoms with Gasteiger partial charge < -0.3 is 11.5 Å². The fourth-order valence-corrected chi connectivity index (χ4v) is 3.86. The first kappa shape index (κ1) is 17.6. The highest BCUT2D eigenvalue weighted by atomic mass is 16.2. The third kappa shape index (κ3) is 2.21. The maximum atomic E-state index is 12.9. The van der Waals surface area contributed by atoms with Gasteiger partial charge in [-0.15, -0.1) is 0 Å². The van der Waals surface area contributed by atoms with Crippen molar-refractivity contribution < 1.29 is 19.2 Å². The van der Waals surface area contributed by atoms with Crippen LogP contribution >= 0.6 is 0 Å². The molecule has 0 aliphatic carbocycles. The Morgan fingerprint density at radius 2 is 0.933 bits per heavy atom. The molecule has 8 nitrogen and oxygen atoms in total. The summed E-state index contributed by atoms with van der Waals surface area (Å²) in [6.07, 6.45) is 0. The quantitative estimate of drug-likeness (QED) is 0.504. The molecule has 0 atom stereocenters. The number of nitrogens with two attached hydrogens (primary N) is 2. The van der Waals surface area contributed by atoms with Gasteiger partial charge in [0.25, 0.3) is 23.6 Å². The smallest absolute Gasteiger partial charge is 0.268 e. The number of fused-ring (bicyclic) bond motifs is 2. The average Bonchev–Trinajstić information content (AvgIpc) is 3.14. The topological polar surface area (TPSA) is 127 Å². The molecule has 30 heavy (non-hydrogen) atoms. The monoisotopic (exact) mass is 398 g/mol. The van der Waals surface area contributed by atoms with Gasteiger partial charge in [-0.3, -0.25) is 19.2 Å². The Balaban J connectivity index is 1.57. The van der Waals surface area contributed by atoms with E-state index in [1.807, 2.05) is 0 Å². The van der Waals surface area contributed by atoms with E-state index in [0.717, 1.165) is 9.80 Å². The predicted octanol–water partition coefficient (Wildman–Crippen LogP) is 2.45. The van der Waals surface area contributed by atoms with Crippen molar-refractivity contribution in [2.75, 3.05) is 21.3 Å². The second kappa shape index (κ2) is 6.02. The molecule has 5 rings (SSSR count). The molecule has 0 unspecified atom stereocenters. The van der Waals surface area contributed by atoms with Gasteiger partial charge in [-0.1, -0.05) is 18.2 Å². The lowest BCUT2D eigenvalue weighted by Crippen LogP contribution is -2.31. The molecule has 4 amide bonds. The van der Waals surface area contributed by atoms with Crippen LogP contribution in [-0.4, -0.2) is 23.6 Å². The van der Waals surface area contributed by atoms with Crippen molar-refractivity contribution in [1.29, 1.82) is 0 Å². The van der Waals surface area contributed by atoms with Gasteiger partial charge in [-0.25, -0.2) is 9.80 Å². The van der Waals surface area contributed by atoms with Crippen LogP contribution in [0.4, 0.5) is 22.7 Å². The number of nitrogens with zero attached hydrogens (tertiary/aromatic N) is 2. The summed E-state index contributed by atoms with van der Waals surface area (Å²) in [7, 11) is 0. The van der Waals surface area contributed by atoms with Crippen LogP contribution in [0, 0.1) is 0 Å². The third-order valence-electron chi connectivity index (χ3n) is 5.24.